The molecule has 1 aromatic rings. The van der Waals surface area contributed by atoms with Crippen LogP contribution in [0.25, 0.3) is 0 Å². The molecule has 1 heterocycles. The Morgan fingerprint density at radius 2 is 1.80 bits per heavy atom. The van der Waals surface area contributed by atoms with Crippen molar-refractivity contribution in [1.29, 1.82) is 0 Å². The van der Waals surface area contributed by atoms with Gasteiger partial charge in [-0.25, -0.2) is 0 Å². The molecule has 0 unspecified atom stereocenters. The molecule has 0 aromatic heterocycles. The number of nitrogens with zero attached hydrogens (tertiary/aromatic N) is 1. The van der Waals surface area contributed by atoms with E-state index in [-0.39, 0.29) is 0 Å². The summed E-state index contributed by atoms with van der Waals surface area (Å²) in [5.41, 5.74) is 1.62. The predicted octanol–water partition coefficient (Wildman–Crippen LogP) is 3.15. The van der Waals surface area contributed by atoms with E-state index in [2.05, 4.69) is 21.7 Å². The topological polar surface area (TPSA) is 45.7 Å². The molecule has 4 nitrogen and oxygen atoms in total. The molecule has 0 saturated heterocycles. The van der Waals surface area contributed by atoms with E-state index >= 15 is 0 Å². The molecule has 0 atom stereocenters. The van der Waals surface area contributed by atoms with Crippen molar-refractivity contribution in [3.63, 3.8) is 0 Å². The van der Waals surface area contributed by atoms with E-state index in [0.717, 1.165) is 43.7 Å². The first-order valence-corrected chi connectivity index (χ1v) is 8.35. The lowest BCUT2D eigenvalue weighted by molar-refractivity contribution is -0.137. The third kappa shape index (κ3) is 6.78. The monoisotopic (exact) mass is 355 g/mol. The smallest absolute Gasteiger partial charge is 0.377 e. The predicted molar refractivity (Wildman–Crippen MR) is 92.6 cm³/mol. The molecule has 0 radical (unpaired) electrons. The summed E-state index contributed by atoms with van der Waals surface area (Å²) in [6.45, 7) is 2.86. The molecule has 0 bridgehead atoms. The summed E-state index contributed by atoms with van der Waals surface area (Å²) < 4.78 is 42.9. The third-order valence-electron chi connectivity index (χ3n) is 4.01. The Kier molecular flexibility index (Phi) is 7.31. The van der Waals surface area contributed by atoms with Gasteiger partial charge in [0.2, 0.25) is 0 Å². The van der Waals surface area contributed by atoms with Crippen LogP contribution in [0.15, 0.2) is 40.9 Å². The number of hydrogen-bond acceptors (Lipinski definition) is 2. The Labute approximate surface area is 146 Å². The van der Waals surface area contributed by atoms with Gasteiger partial charge in [0.15, 0.2) is 5.96 Å². The zero-order valence-corrected chi connectivity index (χ0v) is 14.3. The number of guanidine groups is 1. The molecule has 0 fully saturated rings. The van der Waals surface area contributed by atoms with E-state index in [4.69, 9.17) is 4.74 Å². The maximum Gasteiger partial charge on any atom is 0.416 e. The van der Waals surface area contributed by atoms with Crippen LogP contribution in [0.5, 0.6) is 0 Å². The highest BCUT2D eigenvalue weighted by Crippen LogP contribution is 2.29. The van der Waals surface area contributed by atoms with E-state index in [1.54, 1.807) is 7.05 Å². The average molecular weight is 355 g/mol. The van der Waals surface area contributed by atoms with Gasteiger partial charge in [-0.3, -0.25) is 4.99 Å². The zero-order chi connectivity index (χ0) is 18.1. The Hall–Kier alpha value is -2.02. The molecule has 0 amide bonds. The minimum absolute atomic E-state index is 0.599. The van der Waals surface area contributed by atoms with Crippen LogP contribution in [-0.2, 0) is 17.3 Å². The maximum atomic E-state index is 12.5. The van der Waals surface area contributed by atoms with Crippen LogP contribution in [0.2, 0.25) is 0 Å². The summed E-state index contributed by atoms with van der Waals surface area (Å²) >= 11 is 0. The maximum absolute atomic E-state index is 12.5. The van der Waals surface area contributed by atoms with Crippen molar-refractivity contribution in [3.05, 3.63) is 47.0 Å². The fourth-order valence-electron chi connectivity index (χ4n) is 2.54. The Bertz CT molecular complexity index is 595. The molecule has 7 heteroatoms. The Balaban J connectivity index is 1.69. The van der Waals surface area contributed by atoms with Gasteiger partial charge in [-0.05, 0) is 37.0 Å². The molecule has 1 aliphatic rings. The second kappa shape index (κ2) is 9.46. The van der Waals surface area contributed by atoms with Crippen LogP contribution in [-0.4, -0.2) is 39.3 Å². The lowest BCUT2D eigenvalue weighted by atomic mass is 10.1. The second-order valence-electron chi connectivity index (χ2n) is 5.81. The zero-order valence-electron chi connectivity index (χ0n) is 14.3. The first-order chi connectivity index (χ1) is 12.0. The van der Waals surface area contributed by atoms with Crippen molar-refractivity contribution in [2.45, 2.75) is 25.4 Å². The molecular weight excluding hydrogens is 331 g/mol. The van der Waals surface area contributed by atoms with Crippen LogP contribution < -0.4 is 10.6 Å². The molecule has 1 aliphatic heterocycles. The van der Waals surface area contributed by atoms with Crippen molar-refractivity contribution in [3.8, 4) is 0 Å². The van der Waals surface area contributed by atoms with Crippen LogP contribution in [0.3, 0.4) is 0 Å². The number of ether oxygens (including phenoxy) is 1. The van der Waals surface area contributed by atoms with Gasteiger partial charge in [0, 0.05) is 20.1 Å². The van der Waals surface area contributed by atoms with Gasteiger partial charge in [0.1, 0.15) is 0 Å². The molecule has 138 valence electrons. The lowest BCUT2D eigenvalue weighted by Gasteiger charge is -2.15. The number of rotatable bonds is 6. The van der Waals surface area contributed by atoms with Crippen LogP contribution in [0.4, 0.5) is 13.2 Å². The average Bonchev–Trinajstić information content (AvgIpc) is 2.61. The normalized spacial score (nSPS) is 15.7. The summed E-state index contributed by atoms with van der Waals surface area (Å²) in [5, 5.41) is 6.41. The molecule has 0 saturated carbocycles. The quantitative estimate of drug-likeness (QED) is 0.468. The highest BCUT2D eigenvalue weighted by atomic mass is 19.4. The van der Waals surface area contributed by atoms with E-state index in [1.165, 1.54) is 17.7 Å². The molecule has 0 spiro atoms. The molecule has 2 N–H and O–H groups in total. The second-order valence-corrected chi connectivity index (χ2v) is 5.81. The standard InChI is InChI=1S/C18H24F3N3O/c1-22-17(24-11-7-15-8-12-25-13-9-15)23-10-6-14-2-4-16(5-3-14)18(19,20)21/h2-5,8H,6-7,9-13H2,1H3,(H2,22,23,24). The Morgan fingerprint density at radius 1 is 1.12 bits per heavy atom. The lowest BCUT2D eigenvalue weighted by Crippen LogP contribution is -2.38. The molecule has 1 aromatic carbocycles. The van der Waals surface area contributed by atoms with Crippen LogP contribution in [0, 0.1) is 0 Å². The van der Waals surface area contributed by atoms with Crippen molar-refractivity contribution in [2.24, 2.45) is 4.99 Å². The molecule has 25 heavy (non-hydrogen) atoms. The highest BCUT2D eigenvalue weighted by molar-refractivity contribution is 5.79. The van der Waals surface area contributed by atoms with Crippen molar-refractivity contribution >= 4 is 5.96 Å². The van der Waals surface area contributed by atoms with Crippen LogP contribution >= 0.6 is 0 Å². The number of aliphatic imine (C=N–C) groups is 1. The Morgan fingerprint density at radius 3 is 2.36 bits per heavy atom. The SMILES string of the molecule is CN=C(NCCC1=CCOCC1)NCCc1ccc(C(F)(F)F)cc1. The van der Waals surface area contributed by atoms with Gasteiger partial charge in [0.05, 0.1) is 18.8 Å². The molecule has 0 aliphatic carbocycles. The summed E-state index contributed by atoms with van der Waals surface area (Å²) in [7, 11) is 1.70. The number of halogens is 3. The third-order valence-corrected chi connectivity index (χ3v) is 4.01. The van der Waals surface area contributed by atoms with Gasteiger partial charge in [-0.15, -0.1) is 0 Å². The minimum Gasteiger partial charge on any atom is -0.377 e. The summed E-state index contributed by atoms with van der Waals surface area (Å²) in [6, 6.07) is 5.25. The van der Waals surface area contributed by atoms with Gasteiger partial charge in [-0.1, -0.05) is 23.8 Å². The van der Waals surface area contributed by atoms with Gasteiger partial charge < -0.3 is 15.4 Å². The fraction of sp³-hybridized carbons (Fsp3) is 0.500. The first-order valence-electron chi connectivity index (χ1n) is 8.35. The van der Waals surface area contributed by atoms with Crippen LogP contribution in [0.1, 0.15) is 24.0 Å². The first kappa shape index (κ1) is 19.3. The van der Waals surface area contributed by atoms with E-state index < -0.39 is 11.7 Å². The summed E-state index contributed by atoms with van der Waals surface area (Å²) in [5.74, 6) is 0.694. The van der Waals surface area contributed by atoms with Crippen molar-refractivity contribution in [1.82, 2.24) is 10.6 Å². The highest BCUT2D eigenvalue weighted by Gasteiger charge is 2.29. The summed E-state index contributed by atoms with van der Waals surface area (Å²) in [6.07, 6.45) is 0.376. The van der Waals surface area contributed by atoms with E-state index in [0.29, 0.717) is 25.5 Å². The molecular formula is C18H24F3N3O. The fourth-order valence-corrected chi connectivity index (χ4v) is 2.54. The van der Waals surface area contributed by atoms with Gasteiger partial charge in [0.25, 0.3) is 0 Å². The minimum atomic E-state index is -4.29. The van der Waals surface area contributed by atoms with Gasteiger partial charge in [-0.2, -0.15) is 13.2 Å². The van der Waals surface area contributed by atoms with Crippen molar-refractivity contribution in [2.75, 3.05) is 33.4 Å². The number of benzene rings is 1. The number of nitrogens with one attached hydrogen (secondary N) is 2. The number of alkyl halides is 3. The summed E-state index contributed by atoms with van der Waals surface area (Å²) in [4.78, 5) is 4.15. The van der Waals surface area contributed by atoms with E-state index in [9.17, 15) is 13.2 Å². The number of hydrogen-bond donors (Lipinski definition) is 2. The van der Waals surface area contributed by atoms with Crippen molar-refractivity contribution < 1.29 is 17.9 Å². The van der Waals surface area contributed by atoms with E-state index in [1.807, 2.05) is 0 Å². The largest absolute Gasteiger partial charge is 0.416 e. The van der Waals surface area contributed by atoms with Gasteiger partial charge >= 0.3 is 6.18 Å². The molecule has 2 rings (SSSR count).